The third-order valence-corrected chi connectivity index (χ3v) is 1.22. The minimum absolute atomic E-state index is 0. The summed E-state index contributed by atoms with van der Waals surface area (Å²) in [6, 6.07) is 6.59. The standard InChI is InChI=1S/C8H8NO2.Y/c9-6-11-8-3-1-7(5-10)2-4-8;/h1-4H,6,9H2;/q-1;. The molecule has 1 rings (SSSR count). The summed E-state index contributed by atoms with van der Waals surface area (Å²) in [4.78, 5) is 10.1. The number of ether oxygens (including phenoxy) is 1. The number of hydrogen-bond donors (Lipinski definition) is 1. The first-order valence-corrected chi connectivity index (χ1v) is 3.18. The summed E-state index contributed by atoms with van der Waals surface area (Å²) in [5, 5.41) is 0. The average molecular weight is 239 g/mol. The normalized spacial score (nSPS) is 8.42. The van der Waals surface area contributed by atoms with Crippen LogP contribution in [0.4, 0.5) is 0 Å². The van der Waals surface area contributed by atoms with Crippen molar-refractivity contribution in [3.8, 4) is 5.75 Å². The fourth-order valence-corrected chi connectivity index (χ4v) is 0.715. The molecule has 0 aliphatic rings. The molecule has 12 heavy (non-hydrogen) atoms. The molecule has 0 saturated carbocycles. The summed E-state index contributed by atoms with van der Waals surface area (Å²) in [6.45, 7) is 0.143. The minimum Gasteiger partial charge on any atom is -0.481 e. The van der Waals surface area contributed by atoms with E-state index < -0.39 is 0 Å². The van der Waals surface area contributed by atoms with Gasteiger partial charge in [-0.3, -0.25) is 5.73 Å². The second kappa shape index (κ2) is 6.29. The zero-order valence-corrected chi connectivity index (χ0v) is 9.33. The van der Waals surface area contributed by atoms with Gasteiger partial charge in [-0.25, -0.2) is 0 Å². The molecule has 0 aliphatic carbocycles. The van der Waals surface area contributed by atoms with Crippen LogP contribution in [0.3, 0.4) is 0 Å². The summed E-state index contributed by atoms with van der Waals surface area (Å²) < 4.78 is 4.95. The Balaban J connectivity index is 0.00000121. The first-order chi connectivity index (χ1) is 5.36. The monoisotopic (exact) mass is 239 g/mol. The van der Waals surface area contributed by atoms with E-state index in [1.807, 2.05) is 0 Å². The summed E-state index contributed by atoms with van der Waals surface area (Å²) in [5.41, 5.74) is 5.64. The van der Waals surface area contributed by atoms with E-state index in [1.165, 1.54) is 0 Å². The second-order valence-electron chi connectivity index (χ2n) is 1.94. The van der Waals surface area contributed by atoms with Crippen LogP contribution in [-0.2, 0) is 37.5 Å². The third-order valence-electron chi connectivity index (χ3n) is 1.22. The molecule has 0 atom stereocenters. The Hall–Kier alpha value is -0.246. The Labute approximate surface area is 96.2 Å². The molecule has 2 N–H and O–H groups in total. The van der Waals surface area contributed by atoms with Crippen LogP contribution < -0.4 is 10.5 Å². The van der Waals surface area contributed by atoms with Crippen molar-refractivity contribution in [1.82, 2.24) is 0 Å². The van der Waals surface area contributed by atoms with E-state index in [0.29, 0.717) is 11.3 Å². The van der Waals surface area contributed by atoms with Crippen molar-refractivity contribution in [3.05, 3.63) is 29.8 Å². The predicted molar refractivity (Wildman–Crippen MR) is 40.9 cm³/mol. The van der Waals surface area contributed by atoms with Crippen molar-refractivity contribution in [2.24, 2.45) is 5.73 Å². The first-order valence-electron chi connectivity index (χ1n) is 3.18. The molecule has 0 amide bonds. The molecule has 0 bridgehead atoms. The Morgan fingerprint density at radius 1 is 1.33 bits per heavy atom. The summed E-state index contributed by atoms with van der Waals surface area (Å²) >= 11 is 0. The van der Waals surface area contributed by atoms with Gasteiger partial charge in [0.15, 0.2) is 0 Å². The molecule has 0 aromatic heterocycles. The number of hydrogen-bond acceptors (Lipinski definition) is 3. The van der Waals surface area contributed by atoms with E-state index in [4.69, 9.17) is 10.5 Å². The molecular weight excluding hydrogens is 231 g/mol. The van der Waals surface area contributed by atoms with Crippen LogP contribution in [0.2, 0.25) is 0 Å². The van der Waals surface area contributed by atoms with Gasteiger partial charge in [0, 0.05) is 32.7 Å². The minimum atomic E-state index is 0. The van der Waals surface area contributed by atoms with Crippen molar-refractivity contribution >= 4 is 6.29 Å². The smallest absolute Gasteiger partial charge is 0.136 e. The van der Waals surface area contributed by atoms with Crippen molar-refractivity contribution in [2.45, 2.75) is 0 Å². The molecule has 0 saturated heterocycles. The Morgan fingerprint density at radius 2 is 1.92 bits per heavy atom. The first kappa shape index (κ1) is 11.8. The molecule has 1 aromatic rings. The van der Waals surface area contributed by atoms with Crippen LogP contribution in [0, 0.1) is 0 Å². The quantitative estimate of drug-likeness (QED) is 0.615. The zero-order chi connectivity index (χ0) is 8.10. The van der Waals surface area contributed by atoms with Gasteiger partial charge in [-0.2, -0.15) is 17.7 Å². The van der Waals surface area contributed by atoms with Gasteiger partial charge in [-0.15, -0.1) is 0 Å². The number of nitrogens with two attached hydrogens (primary N) is 1. The van der Waals surface area contributed by atoms with Crippen molar-refractivity contribution in [1.29, 1.82) is 0 Å². The maximum atomic E-state index is 10.1. The maximum Gasteiger partial charge on any atom is 0.136 e. The number of benzene rings is 1. The molecule has 0 fully saturated rings. The summed E-state index contributed by atoms with van der Waals surface area (Å²) in [7, 11) is 0. The van der Waals surface area contributed by atoms with Gasteiger partial charge in [-0.05, 0) is 0 Å². The molecular formula is C8H8NO2Y-. The molecule has 4 heteroatoms. The van der Waals surface area contributed by atoms with Gasteiger partial charge in [0.1, 0.15) is 6.73 Å². The van der Waals surface area contributed by atoms with Crippen LogP contribution in [0.5, 0.6) is 5.75 Å². The summed E-state index contributed by atoms with van der Waals surface area (Å²) in [6.07, 6.45) is 1.76. The van der Waals surface area contributed by atoms with E-state index in [0.717, 1.165) is 0 Å². The van der Waals surface area contributed by atoms with E-state index in [1.54, 1.807) is 30.6 Å². The van der Waals surface area contributed by atoms with Crippen LogP contribution in [-0.4, -0.2) is 13.0 Å². The van der Waals surface area contributed by atoms with E-state index >= 15 is 0 Å². The van der Waals surface area contributed by atoms with Crippen LogP contribution in [0.15, 0.2) is 24.3 Å². The van der Waals surface area contributed by atoms with Gasteiger partial charge < -0.3 is 9.53 Å². The van der Waals surface area contributed by atoms with Gasteiger partial charge in [0.25, 0.3) is 0 Å². The van der Waals surface area contributed by atoms with Crippen LogP contribution in [0.1, 0.15) is 5.56 Å². The van der Waals surface area contributed by atoms with E-state index in [-0.39, 0.29) is 39.4 Å². The van der Waals surface area contributed by atoms with E-state index in [9.17, 15) is 4.79 Å². The molecule has 1 aromatic carbocycles. The van der Waals surface area contributed by atoms with Gasteiger partial charge in [0.05, 0.1) is 12.0 Å². The molecule has 3 nitrogen and oxygen atoms in total. The molecule has 1 radical (unpaired) electrons. The fraction of sp³-hybridized carbons (Fsp3) is 0.125. The average Bonchev–Trinajstić information content (AvgIpc) is 2.07. The van der Waals surface area contributed by atoms with Gasteiger partial charge >= 0.3 is 0 Å². The number of rotatable bonds is 3. The van der Waals surface area contributed by atoms with Gasteiger partial charge in [-0.1, -0.05) is 12.1 Å². The van der Waals surface area contributed by atoms with Crippen LogP contribution in [0.25, 0.3) is 0 Å². The fourth-order valence-electron chi connectivity index (χ4n) is 0.715. The molecule has 61 valence electrons. The SMILES string of the molecule is NCOc1ccc([C-]=O)cc1.[Y]. The van der Waals surface area contributed by atoms with Crippen molar-refractivity contribution < 1.29 is 42.2 Å². The third kappa shape index (κ3) is 3.43. The topological polar surface area (TPSA) is 52.3 Å². The molecule has 0 unspecified atom stereocenters. The Kier molecular flexibility index (Phi) is 6.16. The molecule has 0 heterocycles. The zero-order valence-electron chi connectivity index (χ0n) is 6.49. The molecule has 0 aliphatic heterocycles. The second-order valence-corrected chi connectivity index (χ2v) is 1.94. The maximum absolute atomic E-state index is 10.1. The van der Waals surface area contributed by atoms with Crippen molar-refractivity contribution in [2.75, 3.05) is 6.73 Å². The Morgan fingerprint density at radius 3 is 2.33 bits per heavy atom. The van der Waals surface area contributed by atoms with Crippen LogP contribution >= 0.6 is 0 Å². The Bertz CT molecular complexity index is 235. The number of carbonyl (C=O) groups excluding carboxylic acids is 1. The largest absolute Gasteiger partial charge is 0.481 e. The molecule has 0 spiro atoms. The van der Waals surface area contributed by atoms with Crippen molar-refractivity contribution in [3.63, 3.8) is 0 Å². The van der Waals surface area contributed by atoms with E-state index in [2.05, 4.69) is 0 Å². The predicted octanol–water partition coefficient (Wildman–Crippen LogP) is 0.437. The van der Waals surface area contributed by atoms with Gasteiger partial charge in [0.2, 0.25) is 0 Å². The summed E-state index contributed by atoms with van der Waals surface area (Å²) in [5.74, 6) is 0.659.